The molecule has 1 amide bonds. The number of rotatable bonds is 7. The summed E-state index contributed by atoms with van der Waals surface area (Å²) >= 11 is 0. The van der Waals surface area contributed by atoms with Gasteiger partial charge in [0.25, 0.3) is 5.91 Å². The average molecular weight is 373 g/mol. The fourth-order valence-corrected chi connectivity index (χ4v) is 2.60. The van der Waals surface area contributed by atoms with Gasteiger partial charge < -0.3 is 9.64 Å². The summed E-state index contributed by atoms with van der Waals surface area (Å²) in [6.45, 7) is 0.395. The molecule has 28 heavy (non-hydrogen) atoms. The lowest BCUT2D eigenvalue weighted by atomic mass is 10.2. The molecule has 142 valence electrons. The van der Waals surface area contributed by atoms with Crippen molar-refractivity contribution in [1.29, 1.82) is 0 Å². The Morgan fingerprint density at radius 2 is 1.64 bits per heavy atom. The average Bonchev–Trinajstić information content (AvgIpc) is 2.73. The van der Waals surface area contributed by atoms with E-state index in [4.69, 9.17) is 4.74 Å². The number of nitrogens with zero attached hydrogens (tertiary/aromatic N) is 2. The number of hydrazone groups is 1. The van der Waals surface area contributed by atoms with Crippen molar-refractivity contribution in [3.05, 3.63) is 95.6 Å². The van der Waals surface area contributed by atoms with Crippen LogP contribution in [0.25, 0.3) is 0 Å². The van der Waals surface area contributed by atoms with Crippen molar-refractivity contribution in [1.82, 2.24) is 5.43 Å². The third kappa shape index (κ3) is 5.20. The quantitative estimate of drug-likeness (QED) is 0.501. The molecule has 0 bridgehead atoms. The predicted octanol–water partition coefficient (Wildman–Crippen LogP) is 4.10. The molecule has 0 unspecified atom stereocenters. The molecular formula is C23H23N3O2. The maximum atomic E-state index is 12.5. The lowest BCUT2D eigenvalue weighted by Gasteiger charge is -2.11. The van der Waals surface area contributed by atoms with Gasteiger partial charge in [0.2, 0.25) is 0 Å². The maximum Gasteiger partial charge on any atom is 0.275 e. The van der Waals surface area contributed by atoms with Crippen LogP contribution < -0.4 is 15.1 Å². The van der Waals surface area contributed by atoms with Gasteiger partial charge in [-0.15, -0.1) is 0 Å². The Bertz CT molecular complexity index is 936. The fourth-order valence-electron chi connectivity index (χ4n) is 2.60. The molecule has 0 fully saturated rings. The number of amides is 1. The summed E-state index contributed by atoms with van der Waals surface area (Å²) in [4.78, 5) is 14.5. The Balaban J connectivity index is 1.62. The third-order valence-corrected chi connectivity index (χ3v) is 4.16. The molecule has 0 aliphatic carbocycles. The van der Waals surface area contributed by atoms with E-state index in [-0.39, 0.29) is 5.91 Å². The predicted molar refractivity (Wildman–Crippen MR) is 113 cm³/mol. The first-order chi connectivity index (χ1) is 13.6. The van der Waals surface area contributed by atoms with Crippen LogP contribution in [0.2, 0.25) is 0 Å². The number of ether oxygens (including phenoxy) is 1. The van der Waals surface area contributed by atoms with E-state index < -0.39 is 0 Å². The zero-order valence-corrected chi connectivity index (χ0v) is 16.0. The van der Waals surface area contributed by atoms with E-state index in [1.54, 1.807) is 24.4 Å². The van der Waals surface area contributed by atoms with Gasteiger partial charge in [0.05, 0.1) is 11.8 Å². The molecule has 0 aromatic heterocycles. The highest BCUT2D eigenvalue weighted by Crippen LogP contribution is 2.19. The Morgan fingerprint density at radius 3 is 2.36 bits per heavy atom. The van der Waals surface area contributed by atoms with Crippen molar-refractivity contribution in [3.63, 3.8) is 0 Å². The minimum atomic E-state index is -0.315. The molecule has 0 aliphatic rings. The molecule has 1 N–H and O–H groups in total. The first kappa shape index (κ1) is 19.2. The van der Waals surface area contributed by atoms with Gasteiger partial charge in [-0.05, 0) is 35.4 Å². The summed E-state index contributed by atoms with van der Waals surface area (Å²) in [6.07, 6.45) is 1.62. The summed E-state index contributed by atoms with van der Waals surface area (Å²) in [5.74, 6) is 0.208. The number of benzene rings is 3. The number of hydrogen-bond acceptors (Lipinski definition) is 4. The highest BCUT2D eigenvalue weighted by molar-refractivity contribution is 5.97. The van der Waals surface area contributed by atoms with Crippen LogP contribution in [-0.2, 0) is 6.61 Å². The topological polar surface area (TPSA) is 53.9 Å². The number of carbonyl (C=O) groups excluding carboxylic acids is 1. The Kier molecular flexibility index (Phi) is 6.41. The van der Waals surface area contributed by atoms with Gasteiger partial charge in [0.1, 0.15) is 12.4 Å². The lowest BCUT2D eigenvalue weighted by Crippen LogP contribution is -2.18. The smallest absolute Gasteiger partial charge is 0.275 e. The van der Waals surface area contributed by atoms with Crippen molar-refractivity contribution < 1.29 is 9.53 Å². The minimum Gasteiger partial charge on any atom is -0.488 e. The summed E-state index contributed by atoms with van der Waals surface area (Å²) in [5.41, 5.74) is 6.05. The van der Waals surface area contributed by atoms with Crippen molar-refractivity contribution in [2.75, 3.05) is 19.0 Å². The largest absolute Gasteiger partial charge is 0.488 e. The second-order valence-electron chi connectivity index (χ2n) is 6.46. The second kappa shape index (κ2) is 9.37. The van der Waals surface area contributed by atoms with Gasteiger partial charge in [0.15, 0.2) is 0 Å². The van der Waals surface area contributed by atoms with Crippen LogP contribution in [0.15, 0.2) is 84.0 Å². The first-order valence-corrected chi connectivity index (χ1v) is 9.00. The van der Waals surface area contributed by atoms with E-state index in [2.05, 4.69) is 10.5 Å². The monoisotopic (exact) mass is 373 g/mol. The summed E-state index contributed by atoms with van der Waals surface area (Å²) < 4.78 is 5.83. The summed E-state index contributed by atoms with van der Waals surface area (Å²) in [7, 11) is 3.97. The Labute approximate surface area is 165 Å². The summed E-state index contributed by atoms with van der Waals surface area (Å²) in [6, 6.07) is 24.9. The molecule has 3 aromatic rings. The molecule has 0 radical (unpaired) electrons. The van der Waals surface area contributed by atoms with E-state index in [1.807, 2.05) is 79.7 Å². The third-order valence-electron chi connectivity index (χ3n) is 4.16. The van der Waals surface area contributed by atoms with Crippen molar-refractivity contribution >= 4 is 17.8 Å². The molecular weight excluding hydrogens is 350 g/mol. The van der Waals surface area contributed by atoms with E-state index in [9.17, 15) is 4.79 Å². The standard InChI is InChI=1S/C23H23N3O2/c1-26(2)20-14-12-18(13-15-20)16-24-25-23(27)21-10-6-7-11-22(21)28-17-19-8-4-3-5-9-19/h3-16H,17H2,1-2H3,(H,25,27)/b24-16-. The number of nitrogens with one attached hydrogen (secondary N) is 1. The van der Waals surface area contributed by atoms with Crippen LogP contribution in [0.5, 0.6) is 5.75 Å². The Hall–Kier alpha value is -3.60. The van der Waals surface area contributed by atoms with Gasteiger partial charge >= 0.3 is 0 Å². The molecule has 0 saturated carbocycles. The van der Waals surface area contributed by atoms with Crippen LogP contribution in [0.4, 0.5) is 5.69 Å². The van der Waals surface area contributed by atoms with Gasteiger partial charge in [-0.1, -0.05) is 54.6 Å². The maximum absolute atomic E-state index is 12.5. The Morgan fingerprint density at radius 1 is 0.964 bits per heavy atom. The molecule has 0 atom stereocenters. The highest BCUT2D eigenvalue weighted by Gasteiger charge is 2.11. The van der Waals surface area contributed by atoms with E-state index in [1.165, 1.54) is 0 Å². The molecule has 5 nitrogen and oxygen atoms in total. The van der Waals surface area contributed by atoms with E-state index >= 15 is 0 Å². The van der Waals surface area contributed by atoms with Crippen LogP contribution in [0, 0.1) is 0 Å². The van der Waals surface area contributed by atoms with Crippen molar-refractivity contribution in [2.24, 2.45) is 5.10 Å². The summed E-state index contributed by atoms with van der Waals surface area (Å²) in [5, 5.41) is 4.06. The number of carbonyl (C=O) groups is 1. The van der Waals surface area contributed by atoms with E-state index in [0.717, 1.165) is 16.8 Å². The van der Waals surface area contributed by atoms with Crippen LogP contribution in [0.3, 0.4) is 0 Å². The zero-order valence-electron chi connectivity index (χ0n) is 16.0. The van der Waals surface area contributed by atoms with Crippen molar-refractivity contribution in [2.45, 2.75) is 6.61 Å². The minimum absolute atomic E-state index is 0.315. The number of para-hydroxylation sites is 1. The van der Waals surface area contributed by atoms with E-state index in [0.29, 0.717) is 17.9 Å². The zero-order chi connectivity index (χ0) is 19.8. The molecule has 0 heterocycles. The lowest BCUT2D eigenvalue weighted by molar-refractivity contribution is 0.0950. The van der Waals surface area contributed by atoms with Gasteiger partial charge in [0, 0.05) is 19.8 Å². The molecule has 0 saturated heterocycles. The molecule has 3 rings (SSSR count). The van der Waals surface area contributed by atoms with Crippen LogP contribution in [0.1, 0.15) is 21.5 Å². The molecule has 0 aliphatic heterocycles. The van der Waals surface area contributed by atoms with Gasteiger partial charge in [-0.25, -0.2) is 5.43 Å². The van der Waals surface area contributed by atoms with Crippen LogP contribution >= 0.6 is 0 Å². The number of hydrogen-bond donors (Lipinski definition) is 1. The first-order valence-electron chi connectivity index (χ1n) is 9.00. The fraction of sp³-hybridized carbons (Fsp3) is 0.130. The van der Waals surface area contributed by atoms with Crippen LogP contribution in [-0.4, -0.2) is 26.2 Å². The normalized spacial score (nSPS) is 10.6. The second-order valence-corrected chi connectivity index (χ2v) is 6.46. The van der Waals surface area contributed by atoms with Crippen molar-refractivity contribution in [3.8, 4) is 5.75 Å². The molecule has 5 heteroatoms. The SMILES string of the molecule is CN(C)c1ccc(/C=N\NC(=O)c2ccccc2OCc2ccccc2)cc1. The van der Waals surface area contributed by atoms with Gasteiger partial charge in [-0.2, -0.15) is 5.10 Å². The van der Waals surface area contributed by atoms with Gasteiger partial charge in [-0.3, -0.25) is 4.79 Å². The molecule has 3 aromatic carbocycles. The number of anilines is 1. The molecule has 0 spiro atoms. The highest BCUT2D eigenvalue weighted by atomic mass is 16.5.